The molecule has 0 amide bonds. The van der Waals surface area contributed by atoms with E-state index < -0.39 is 0 Å². The summed E-state index contributed by atoms with van der Waals surface area (Å²) < 4.78 is 13.1. The van der Waals surface area contributed by atoms with Gasteiger partial charge in [-0.1, -0.05) is 62.4 Å². The zero-order valence-corrected chi connectivity index (χ0v) is 21.0. The third-order valence-electron chi connectivity index (χ3n) is 7.62. The first kappa shape index (κ1) is 23.4. The second-order valence-electron chi connectivity index (χ2n) is 10.5. The minimum atomic E-state index is 0.716. The van der Waals surface area contributed by atoms with Crippen LogP contribution in [0.15, 0.2) is 48.5 Å². The van der Waals surface area contributed by atoms with Crippen LogP contribution in [0.4, 0.5) is 0 Å². The molecule has 3 aromatic carbocycles. The third kappa shape index (κ3) is 5.34. The highest BCUT2D eigenvalue weighted by Gasteiger charge is 2.19. The summed E-state index contributed by atoms with van der Waals surface area (Å²) in [5.74, 6) is 3.57. The van der Waals surface area contributed by atoms with Crippen LogP contribution in [0.1, 0.15) is 39.5 Å². The maximum Gasteiger partial charge on any atom is 0.135 e. The molecule has 0 aliphatic carbocycles. The molecule has 2 saturated heterocycles. The summed E-state index contributed by atoms with van der Waals surface area (Å²) >= 11 is 0. The molecule has 0 N–H and O–H groups in total. The van der Waals surface area contributed by atoms with E-state index in [1.807, 2.05) is 0 Å². The first-order chi connectivity index (χ1) is 16.7. The van der Waals surface area contributed by atoms with Crippen molar-refractivity contribution in [1.82, 2.24) is 9.80 Å². The first-order valence-corrected chi connectivity index (χ1v) is 13.3. The van der Waals surface area contributed by atoms with Crippen LogP contribution < -0.4 is 9.47 Å². The van der Waals surface area contributed by atoms with Gasteiger partial charge >= 0.3 is 0 Å². The maximum atomic E-state index is 6.53. The van der Waals surface area contributed by atoms with E-state index in [4.69, 9.17) is 9.47 Å². The fourth-order valence-electron chi connectivity index (χ4n) is 5.89. The second-order valence-corrected chi connectivity index (χ2v) is 10.5. The lowest BCUT2D eigenvalue weighted by Gasteiger charge is -2.31. The van der Waals surface area contributed by atoms with Gasteiger partial charge < -0.3 is 9.47 Å². The Labute approximate surface area is 204 Å². The summed E-state index contributed by atoms with van der Waals surface area (Å²) in [6.45, 7) is 12.9. The van der Waals surface area contributed by atoms with Crippen LogP contribution in [0.2, 0.25) is 0 Å². The molecule has 2 heterocycles. The lowest BCUT2D eigenvalue weighted by atomic mass is 10.00. The van der Waals surface area contributed by atoms with E-state index in [0.717, 1.165) is 58.0 Å². The van der Waals surface area contributed by atoms with E-state index in [1.54, 1.807) is 0 Å². The summed E-state index contributed by atoms with van der Waals surface area (Å²) in [6.07, 6.45) is 5.31. The molecule has 4 nitrogen and oxygen atoms in total. The van der Waals surface area contributed by atoms with Crippen molar-refractivity contribution in [2.24, 2.45) is 11.8 Å². The van der Waals surface area contributed by atoms with E-state index in [1.165, 1.54) is 51.9 Å². The Bertz CT molecular complexity index is 955. The molecule has 4 heteroatoms. The van der Waals surface area contributed by atoms with Gasteiger partial charge in [-0.05, 0) is 50.6 Å². The van der Waals surface area contributed by atoms with Gasteiger partial charge in [0.05, 0.1) is 0 Å². The van der Waals surface area contributed by atoms with Crippen LogP contribution >= 0.6 is 0 Å². The smallest absolute Gasteiger partial charge is 0.135 e. The van der Waals surface area contributed by atoms with Gasteiger partial charge in [-0.25, -0.2) is 0 Å². The zero-order valence-electron chi connectivity index (χ0n) is 21.0. The number of hydrogen-bond acceptors (Lipinski definition) is 4. The highest BCUT2D eigenvalue weighted by Crippen LogP contribution is 2.42. The molecule has 3 aromatic rings. The Balaban J connectivity index is 1.37. The lowest BCUT2D eigenvalue weighted by molar-refractivity contribution is 0.154. The van der Waals surface area contributed by atoms with E-state index in [-0.39, 0.29) is 0 Å². The number of nitrogens with zero attached hydrogens (tertiary/aromatic N) is 2. The molecule has 34 heavy (non-hydrogen) atoms. The van der Waals surface area contributed by atoms with Crippen molar-refractivity contribution in [1.29, 1.82) is 0 Å². The summed E-state index contributed by atoms with van der Waals surface area (Å²) in [6, 6.07) is 17.1. The predicted molar refractivity (Wildman–Crippen MR) is 142 cm³/mol. The highest BCUT2D eigenvalue weighted by molar-refractivity contribution is 6.11. The van der Waals surface area contributed by atoms with Crippen LogP contribution in [0.3, 0.4) is 0 Å². The average Bonchev–Trinajstić information content (AvgIpc) is 2.85. The molecule has 2 aliphatic rings. The van der Waals surface area contributed by atoms with E-state index in [0.29, 0.717) is 13.2 Å². The van der Waals surface area contributed by atoms with E-state index in [2.05, 4.69) is 72.2 Å². The van der Waals surface area contributed by atoms with Crippen molar-refractivity contribution in [3.63, 3.8) is 0 Å². The van der Waals surface area contributed by atoms with Gasteiger partial charge in [0.15, 0.2) is 0 Å². The maximum absolute atomic E-state index is 6.53. The largest absolute Gasteiger partial charge is 0.491 e. The molecule has 2 fully saturated rings. The molecular weight excluding hydrogens is 420 g/mol. The Morgan fingerprint density at radius 3 is 1.38 bits per heavy atom. The van der Waals surface area contributed by atoms with Crippen molar-refractivity contribution in [2.45, 2.75) is 39.5 Å². The van der Waals surface area contributed by atoms with Crippen LogP contribution in [0, 0.1) is 11.8 Å². The van der Waals surface area contributed by atoms with Crippen molar-refractivity contribution >= 4 is 21.5 Å². The summed E-state index contributed by atoms with van der Waals surface area (Å²) in [7, 11) is 0. The molecule has 0 spiro atoms. The van der Waals surface area contributed by atoms with Gasteiger partial charge in [0.2, 0.25) is 0 Å². The van der Waals surface area contributed by atoms with Gasteiger partial charge in [0, 0.05) is 47.7 Å². The number of ether oxygens (including phenoxy) is 2. The highest BCUT2D eigenvalue weighted by atomic mass is 16.5. The molecule has 0 saturated carbocycles. The molecule has 2 atom stereocenters. The van der Waals surface area contributed by atoms with E-state index >= 15 is 0 Å². The van der Waals surface area contributed by atoms with Gasteiger partial charge in [-0.15, -0.1) is 0 Å². The number of benzene rings is 3. The minimum Gasteiger partial charge on any atom is -0.491 e. The topological polar surface area (TPSA) is 24.9 Å². The van der Waals surface area contributed by atoms with Crippen molar-refractivity contribution in [2.75, 3.05) is 52.5 Å². The summed E-state index contributed by atoms with van der Waals surface area (Å²) in [5, 5.41) is 4.59. The Morgan fingerprint density at radius 1 is 0.647 bits per heavy atom. The van der Waals surface area contributed by atoms with Crippen LogP contribution in [-0.2, 0) is 0 Å². The summed E-state index contributed by atoms with van der Waals surface area (Å²) in [5.41, 5.74) is 0. The van der Waals surface area contributed by atoms with Gasteiger partial charge in [0.1, 0.15) is 24.7 Å². The van der Waals surface area contributed by atoms with Gasteiger partial charge in [-0.2, -0.15) is 0 Å². The number of piperidine rings is 2. The van der Waals surface area contributed by atoms with Gasteiger partial charge in [0.25, 0.3) is 0 Å². The molecule has 5 rings (SSSR count). The molecule has 2 aliphatic heterocycles. The Hall–Kier alpha value is -2.30. The monoisotopic (exact) mass is 460 g/mol. The van der Waals surface area contributed by atoms with Gasteiger partial charge in [-0.3, -0.25) is 9.80 Å². The zero-order chi connectivity index (χ0) is 23.3. The fraction of sp³-hybridized carbons (Fsp3) is 0.533. The number of rotatable bonds is 8. The Kier molecular flexibility index (Phi) is 7.56. The molecule has 0 bridgehead atoms. The number of likely N-dealkylation sites (tertiary alicyclic amines) is 2. The molecule has 2 unspecified atom stereocenters. The van der Waals surface area contributed by atoms with Crippen LogP contribution in [-0.4, -0.2) is 62.3 Å². The molecule has 0 radical (unpaired) electrons. The average molecular weight is 461 g/mol. The van der Waals surface area contributed by atoms with E-state index in [9.17, 15) is 0 Å². The normalized spacial score (nSPS) is 22.3. The molecule has 182 valence electrons. The summed E-state index contributed by atoms with van der Waals surface area (Å²) in [4.78, 5) is 5.11. The molecular formula is C30H40N2O2. The first-order valence-electron chi connectivity index (χ1n) is 13.3. The van der Waals surface area contributed by atoms with Crippen LogP contribution in [0.5, 0.6) is 11.5 Å². The SMILES string of the molecule is CC1CCCN(CCOc2c3ccccc3c(OCCN3CCCC(C)C3)c3ccccc23)C1. The standard InChI is InChI=1S/C30H40N2O2/c1-23-9-7-15-31(21-23)17-19-33-29-25-11-3-5-13-27(25)30(28-14-6-4-12-26(28)29)34-20-18-32-16-8-10-24(2)22-32/h3-6,11-14,23-24H,7-10,15-22H2,1-2H3. The quantitative estimate of drug-likeness (QED) is 0.373. The number of hydrogen-bond donors (Lipinski definition) is 0. The van der Waals surface area contributed by atoms with Crippen molar-refractivity contribution < 1.29 is 9.47 Å². The number of fused-ring (bicyclic) bond motifs is 2. The minimum absolute atomic E-state index is 0.716. The van der Waals surface area contributed by atoms with Crippen LogP contribution in [0.25, 0.3) is 21.5 Å². The van der Waals surface area contributed by atoms with Crippen molar-refractivity contribution in [3.8, 4) is 11.5 Å². The second kappa shape index (κ2) is 11.0. The third-order valence-corrected chi connectivity index (χ3v) is 7.62. The lowest BCUT2D eigenvalue weighted by Crippen LogP contribution is -2.37. The molecule has 0 aromatic heterocycles. The predicted octanol–water partition coefficient (Wildman–Crippen LogP) is 6.21. The van der Waals surface area contributed by atoms with Crippen molar-refractivity contribution in [3.05, 3.63) is 48.5 Å². The fourth-order valence-corrected chi connectivity index (χ4v) is 5.89. The Morgan fingerprint density at radius 2 is 1.03 bits per heavy atom.